The van der Waals surface area contributed by atoms with Crippen molar-refractivity contribution in [2.45, 2.75) is 25.7 Å². The first-order valence-electron chi connectivity index (χ1n) is 5.53. The van der Waals surface area contributed by atoms with E-state index in [1.165, 1.54) is 5.56 Å². The average molecular weight is 220 g/mol. The molecule has 0 radical (unpaired) electrons. The van der Waals surface area contributed by atoms with Gasteiger partial charge in [0.2, 0.25) is 0 Å². The van der Waals surface area contributed by atoms with E-state index in [4.69, 9.17) is 9.84 Å². The minimum atomic E-state index is -0.722. The number of ether oxygens (including phenoxy) is 1. The van der Waals surface area contributed by atoms with Gasteiger partial charge in [0.05, 0.1) is 13.0 Å². The fourth-order valence-electron chi connectivity index (χ4n) is 2.43. The van der Waals surface area contributed by atoms with Gasteiger partial charge in [-0.3, -0.25) is 4.79 Å². The molecular weight excluding hydrogens is 204 g/mol. The lowest BCUT2D eigenvalue weighted by atomic mass is 9.89. The predicted molar refractivity (Wildman–Crippen MR) is 60.9 cm³/mol. The van der Waals surface area contributed by atoms with Gasteiger partial charge in [-0.15, -0.1) is 0 Å². The monoisotopic (exact) mass is 220 g/mol. The van der Waals surface area contributed by atoms with E-state index in [0.717, 1.165) is 24.2 Å². The van der Waals surface area contributed by atoms with E-state index >= 15 is 0 Å². The van der Waals surface area contributed by atoms with Crippen LogP contribution in [0.25, 0.3) is 0 Å². The van der Waals surface area contributed by atoms with Gasteiger partial charge in [-0.25, -0.2) is 0 Å². The molecule has 2 unspecified atom stereocenters. The quantitative estimate of drug-likeness (QED) is 0.851. The Bertz CT molecular complexity index is 412. The third-order valence-electron chi connectivity index (χ3n) is 3.47. The van der Waals surface area contributed by atoms with Crippen LogP contribution in [-0.4, -0.2) is 18.2 Å². The minimum Gasteiger partial charge on any atom is -0.497 e. The van der Waals surface area contributed by atoms with Crippen LogP contribution in [0.2, 0.25) is 0 Å². The van der Waals surface area contributed by atoms with Crippen molar-refractivity contribution >= 4 is 5.97 Å². The molecule has 1 aliphatic rings. The molecule has 0 aliphatic heterocycles. The minimum absolute atomic E-state index is 0.127. The molecule has 86 valence electrons. The Labute approximate surface area is 95.0 Å². The SMILES string of the molecule is COc1ccc2c(c1)C(C(C)C(=O)O)CC2. The Balaban J connectivity index is 2.34. The number of rotatable bonds is 3. The number of benzene rings is 1. The van der Waals surface area contributed by atoms with Crippen molar-refractivity contribution in [2.75, 3.05) is 7.11 Å². The first-order valence-corrected chi connectivity index (χ1v) is 5.53. The molecule has 0 bridgehead atoms. The summed E-state index contributed by atoms with van der Waals surface area (Å²) in [5.74, 6) is -0.111. The van der Waals surface area contributed by atoms with Gasteiger partial charge >= 0.3 is 5.97 Å². The molecule has 3 nitrogen and oxygen atoms in total. The molecular formula is C13H16O3. The predicted octanol–water partition coefficient (Wildman–Crippen LogP) is 2.45. The maximum Gasteiger partial charge on any atom is 0.306 e. The summed E-state index contributed by atoms with van der Waals surface area (Å²) in [5, 5.41) is 9.06. The topological polar surface area (TPSA) is 46.5 Å². The van der Waals surface area contributed by atoms with Crippen molar-refractivity contribution in [1.29, 1.82) is 0 Å². The number of fused-ring (bicyclic) bond motifs is 1. The van der Waals surface area contributed by atoms with Gasteiger partial charge in [0, 0.05) is 0 Å². The van der Waals surface area contributed by atoms with E-state index in [0.29, 0.717) is 0 Å². The fraction of sp³-hybridized carbons (Fsp3) is 0.462. The maximum absolute atomic E-state index is 11.0. The maximum atomic E-state index is 11.0. The van der Waals surface area contributed by atoms with Gasteiger partial charge in [-0.2, -0.15) is 0 Å². The number of aliphatic carboxylic acids is 1. The molecule has 1 aromatic rings. The van der Waals surface area contributed by atoms with Gasteiger partial charge in [-0.1, -0.05) is 13.0 Å². The highest BCUT2D eigenvalue weighted by Gasteiger charge is 2.31. The Morgan fingerprint density at radius 3 is 2.94 bits per heavy atom. The molecule has 0 aromatic heterocycles. The van der Waals surface area contributed by atoms with Crippen LogP contribution in [-0.2, 0) is 11.2 Å². The number of methoxy groups -OCH3 is 1. The van der Waals surface area contributed by atoms with Crippen LogP contribution >= 0.6 is 0 Å². The van der Waals surface area contributed by atoms with E-state index in [1.54, 1.807) is 14.0 Å². The molecule has 16 heavy (non-hydrogen) atoms. The van der Waals surface area contributed by atoms with Crippen LogP contribution in [0.4, 0.5) is 0 Å². The van der Waals surface area contributed by atoms with E-state index in [2.05, 4.69) is 0 Å². The average Bonchev–Trinajstić information content (AvgIpc) is 2.70. The Hall–Kier alpha value is -1.51. The number of hydrogen-bond acceptors (Lipinski definition) is 2. The third-order valence-corrected chi connectivity index (χ3v) is 3.47. The summed E-state index contributed by atoms with van der Waals surface area (Å²) < 4.78 is 5.18. The lowest BCUT2D eigenvalue weighted by molar-refractivity contribution is -0.141. The summed E-state index contributed by atoms with van der Waals surface area (Å²) in [6, 6.07) is 5.96. The van der Waals surface area contributed by atoms with E-state index in [9.17, 15) is 4.79 Å². The highest BCUT2D eigenvalue weighted by molar-refractivity contribution is 5.71. The third kappa shape index (κ3) is 1.77. The van der Waals surface area contributed by atoms with Crippen LogP contribution in [0.5, 0.6) is 5.75 Å². The summed E-state index contributed by atoms with van der Waals surface area (Å²) >= 11 is 0. The molecule has 1 aliphatic carbocycles. The molecule has 3 heteroatoms. The molecule has 0 fully saturated rings. The van der Waals surface area contributed by atoms with Crippen LogP contribution < -0.4 is 4.74 Å². The second-order valence-electron chi connectivity index (χ2n) is 4.34. The Kier molecular flexibility index (Phi) is 2.86. The largest absolute Gasteiger partial charge is 0.497 e. The van der Waals surface area contributed by atoms with Crippen molar-refractivity contribution in [3.8, 4) is 5.75 Å². The van der Waals surface area contributed by atoms with Crippen LogP contribution in [0.3, 0.4) is 0 Å². The number of carbonyl (C=O) groups is 1. The lowest BCUT2D eigenvalue weighted by Gasteiger charge is -2.16. The highest BCUT2D eigenvalue weighted by atomic mass is 16.5. The molecule has 2 atom stereocenters. The van der Waals surface area contributed by atoms with Crippen molar-refractivity contribution in [3.05, 3.63) is 29.3 Å². The highest BCUT2D eigenvalue weighted by Crippen LogP contribution is 2.40. The van der Waals surface area contributed by atoms with Gasteiger partial charge in [0.1, 0.15) is 5.75 Å². The normalized spacial score (nSPS) is 20.2. The van der Waals surface area contributed by atoms with Crippen molar-refractivity contribution in [1.82, 2.24) is 0 Å². The van der Waals surface area contributed by atoms with Gasteiger partial charge in [0.25, 0.3) is 0 Å². The van der Waals surface area contributed by atoms with Crippen LogP contribution in [0.1, 0.15) is 30.4 Å². The lowest BCUT2D eigenvalue weighted by Crippen LogP contribution is -2.17. The standard InChI is InChI=1S/C13H16O3/c1-8(13(14)15)11-6-4-9-3-5-10(16-2)7-12(9)11/h3,5,7-8,11H,4,6H2,1-2H3,(H,14,15). The van der Waals surface area contributed by atoms with Crippen molar-refractivity contribution < 1.29 is 14.6 Å². The molecule has 2 rings (SSSR count). The summed E-state index contributed by atoms with van der Waals surface area (Å²) in [5.41, 5.74) is 2.41. The summed E-state index contributed by atoms with van der Waals surface area (Å²) in [6.45, 7) is 1.78. The molecule has 0 saturated carbocycles. The zero-order valence-corrected chi connectivity index (χ0v) is 9.56. The molecule has 1 aromatic carbocycles. The van der Waals surface area contributed by atoms with E-state index in [-0.39, 0.29) is 11.8 Å². The van der Waals surface area contributed by atoms with Crippen molar-refractivity contribution in [2.24, 2.45) is 5.92 Å². The number of carboxylic acids is 1. The zero-order valence-electron chi connectivity index (χ0n) is 9.56. The Morgan fingerprint density at radius 1 is 1.56 bits per heavy atom. The number of aryl methyl sites for hydroxylation is 1. The first kappa shape index (κ1) is 11.0. The first-order chi connectivity index (χ1) is 7.63. The molecule has 0 amide bonds. The van der Waals surface area contributed by atoms with E-state index < -0.39 is 5.97 Å². The van der Waals surface area contributed by atoms with Crippen LogP contribution in [0, 0.1) is 5.92 Å². The number of carboxylic acid groups (broad SMARTS) is 1. The summed E-state index contributed by atoms with van der Waals surface area (Å²) in [7, 11) is 1.63. The fourth-order valence-corrected chi connectivity index (χ4v) is 2.43. The Morgan fingerprint density at radius 2 is 2.31 bits per heavy atom. The van der Waals surface area contributed by atoms with E-state index in [1.807, 2.05) is 18.2 Å². The summed E-state index contributed by atoms with van der Waals surface area (Å²) in [4.78, 5) is 11.0. The second kappa shape index (κ2) is 4.16. The molecule has 1 N–H and O–H groups in total. The summed E-state index contributed by atoms with van der Waals surface area (Å²) in [6.07, 6.45) is 1.90. The van der Waals surface area contributed by atoms with Gasteiger partial charge < -0.3 is 9.84 Å². The zero-order chi connectivity index (χ0) is 11.7. The molecule has 0 saturated heterocycles. The molecule has 0 spiro atoms. The number of hydrogen-bond donors (Lipinski definition) is 1. The smallest absolute Gasteiger partial charge is 0.306 e. The van der Waals surface area contributed by atoms with Crippen LogP contribution in [0.15, 0.2) is 18.2 Å². The van der Waals surface area contributed by atoms with Gasteiger partial charge in [0.15, 0.2) is 0 Å². The second-order valence-corrected chi connectivity index (χ2v) is 4.34. The molecule has 0 heterocycles. The van der Waals surface area contributed by atoms with Gasteiger partial charge in [-0.05, 0) is 42.0 Å². The van der Waals surface area contributed by atoms with Crippen molar-refractivity contribution in [3.63, 3.8) is 0 Å².